The summed E-state index contributed by atoms with van der Waals surface area (Å²) in [5.41, 5.74) is 1.19. The molecule has 0 spiro atoms. The van der Waals surface area contributed by atoms with E-state index in [2.05, 4.69) is 0 Å². The van der Waals surface area contributed by atoms with Gasteiger partial charge in [-0.3, -0.25) is 0 Å². The molecule has 5 heteroatoms. The number of aliphatic hydroxyl groups excluding tert-OH is 1. The molecule has 1 rings (SSSR count). The van der Waals surface area contributed by atoms with Crippen LogP contribution in [0.5, 0.6) is 0 Å². The fraction of sp³-hybridized carbons (Fsp3) is 0.533. The maximum atomic E-state index is 10.4. The molecule has 1 aromatic carbocycles. The van der Waals surface area contributed by atoms with Gasteiger partial charge in [-0.15, -0.1) is 0 Å². The highest BCUT2D eigenvalue weighted by Gasteiger charge is 2.11. The lowest BCUT2D eigenvalue weighted by Crippen LogP contribution is -2.18. The van der Waals surface area contributed by atoms with Crippen LogP contribution in [0.15, 0.2) is 30.3 Å². The Balaban J connectivity index is 2.02. The number of aliphatic hydroxyl groups is 1. The van der Waals surface area contributed by atoms with Gasteiger partial charge in [0.25, 0.3) is 0 Å². The van der Waals surface area contributed by atoms with E-state index < -0.39 is 12.1 Å². The second-order valence-corrected chi connectivity index (χ2v) is 5.36. The van der Waals surface area contributed by atoms with E-state index in [1.54, 1.807) is 4.42 Å². The number of nitrogens with zero attached hydrogens (tertiary/aromatic N) is 1. The standard InChI is InChI=1S/C15H22ClNO3/c16-17(12-13-8-4-3-5-9-13)11-7-2-1-6-10-14(18)15(19)20/h3-5,8-9,14,18H,1-2,6-7,10-12H2,(H,19,20)/t14-/m0/s1. The maximum absolute atomic E-state index is 10.4. The third-order valence-corrected chi connectivity index (χ3v) is 3.40. The smallest absolute Gasteiger partial charge is 0.332 e. The van der Waals surface area contributed by atoms with Crippen LogP contribution in [0.4, 0.5) is 0 Å². The highest BCUT2D eigenvalue weighted by molar-refractivity contribution is 6.13. The summed E-state index contributed by atoms with van der Waals surface area (Å²) < 4.78 is 1.77. The summed E-state index contributed by atoms with van der Waals surface area (Å²) in [7, 11) is 0. The van der Waals surface area contributed by atoms with Gasteiger partial charge in [0.2, 0.25) is 0 Å². The molecular weight excluding hydrogens is 278 g/mol. The number of halogens is 1. The number of benzene rings is 1. The molecule has 0 aliphatic heterocycles. The molecule has 20 heavy (non-hydrogen) atoms. The Kier molecular flexibility index (Phi) is 8.26. The predicted octanol–water partition coefficient (Wildman–Crippen LogP) is 3.04. The lowest BCUT2D eigenvalue weighted by atomic mass is 10.1. The highest BCUT2D eigenvalue weighted by Crippen LogP contribution is 2.10. The summed E-state index contributed by atoms with van der Waals surface area (Å²) in [5.74, 6) is -1.14. The monoisotopic (exact) mass is 299 g/mol. The molecule has 0 bridgehead atoms. The SMILES string of the molecule is O=C(O)[C@@H](O)CCCCCCN(Cl)Cc1ccccc1. The fourth-order valence-corrected chi connectivity index (χ4v) is 2.22. The molecule has 2 N–H and O–H groups in total. The summed E-state index contributed by atoms with van der Waals surface area (Å²) in [6.45, 7) is 1.53. The molecular formula is C15H22ClNO3. The number of aliphatic carboxylic acids is 1. The predicted molar refractivity (Wildman–Crippen MR) is 79.4 cm³/mol. The van der Waals surface area contributed by atoms with E-state index >= 15 is 0 Å². The molecule has 0 aliphatic rings. The van der Waals surface area contributed by atoms with Crippen LogP contribution in [0.1, 0.15) is 37.7 Å². The average Bonchev–Trinajstić information content (AvgIpc) is 2.43. The topological polar surface area (TPSA) is 60.8 Å². The highest BCUT2D eigenvalue weighted by atomic mass is 35.5. The third kappa shape index (κ3) is 7.48. The van der Waals surface area contributed by atoms with Crippen LogP contribution in [-0.2, 0) is 11.3 Å². The summed E-state index contributed by atoms with van der Waals surface area (Å²) >= 11 is 6.14. The van der Waals surface area contributed by atoms with Crippen LogP contribution in [0.2, 0.25) is 0 Å². The van der Waals surface area contributed by atoms with E-state index in [1.807, 2.05) is 30.3 Å². The van der Waals surface area contributed by atoms with Gasteiger partial charge in [-0.2, -0.15) is 0 Å². The third-order valence-electron chi connectivity index (χ3n) is 3.11. The average molecular weight is 300 g/mol. The fourth-order valence-electron chi connectivity index (χ4n) is 1.96. The number of carboxylic acid groups (broad SMARTS) is 1. The van der Waals surface area contributed by atoms with Crippen molar-refractivity contribution in [1.82, 2.24) is 4.42 Å². The van der Waals surface area contributed by atoms with E-state index in [4.69, 9.17) is 22.0 Å². The van der Waals surface area contributed by atoms with Crippen LogP contribution in [0, 0.1) is 0 Å². The lowest BCUT2D eigenvalue weighted by Gasteiger charge is -2.13. The van der Waals surface area contributed by atoms with E-state index in [-0.39, 0.29) is 0 Å². The molecule has 0 amide bonds. The van der Waals surface area contributed by atoms with Crippen LogP contribution < -0.4 is 0 Å². The molecule has 112 valence electrons. The Labute approximate surface area is 125 Å². The van der Waals surface area contributed by atoms with Crippen molar-refractivity contribution in [2.45, 2.75) is 44.8 Å². The van der Waals surface area contributed by atoms with Crippen molar-refractivity contribution in [3.8, 4) is 0 Å². The van der Waals surface area contributed by atoms with Crippen LogP contribution in [0.25, 0.3) is 0 Å². The largest absolute Gasteiger partial charge is 0.479 e. The molecule has 0 heterocycles. The maximum Gasteiger partial charge on any atom is 0.332 e. The van der Waals surface area contributed by atoms with Gasteiger partial charge in [0, 0.05) is 13.1 Å². The molecule has 0 fully saturated rings. The number of hydrogen-bond acceptors (Lipinski definition) is 3. The van der Waals surface area contributed by atoms with Gasteiger partial charge in [0.1, 0.15) is 0 Å². The van der Waals surface area contributed by atoms with Gasteiger partial charge in [-0.05, 0) is 30.2 Å². The zero-order valence-corrected chi connectivity index (χ0v) is 12.3. The Hall–Kier alpha value is -1.10. The van der Waals surface area contributed by atoms with E-state index in [0.29, 0.717) is 6.42 Å². The normalized spacial score (nSPS) is 12.6. The van der Waals surface area contributed by atoms with Crippen LogP contribution in [-0.4, -0.2) is 33.3 Å². The minimum atomic E-state index is -1.22. The first-order valence-corrected chi connectivity index (χ1v) is 7.29. The van der Waals surface area contributed by atoms with Gasteiger partial charge >= 0.3 is 5.97 Å². The summed E-state index contributed by atoms with van der Waals surface area (Å²) in [4.78, 5) is 10.4. The quantitative estimate of drug-likeness (QED) is 0.515. The molecule has 1 aromatic rings. The van der Waals surface area contributed by atoms with Crippen molar-refractivity contribution < 1.29 is 15.0 Å². The molecule has 0 radical (unpaired) electrons. The Morgan fingerprint density at radius 1 is 1.15 bits per heavy atom. The second-order valence-electron chi connectivity index (χ2n) is 4.89. The molecule has 1 atom stereocenters. The minimum Gasteiger partial charge on any atom is -0.479 e. The van der Waals surface area contributed by atoms with E-state index in [1.165, 1.54) is 5.56 Å². The summed E-state index contributed by atoms with van der Waals surface area (Å²) in [5, 5.41) is 17.6. The Morgan fingerprint density at radius 3 is 2.45 bits per heavy atom. The van der Waals surface area contributed by atoms with Crippen molar-refractivity contribution >= 4 is 17.7 Å². The summed E-state index contributed by atoms with van der Waals surface area (Å²) in [6.07, 6.45) is 2.71. The number of carboxylic acids is 1. The lowest BCUT2D eigenvalue weighted by molar-refractivity contribution is -0.146. The van der Waals surface area contributed by atoms with Crippen molar-refractivity contribution in [2.24, 2.45) is 0 Å². The first-order chi connectivity index (χ1) is 9.59. The van der Waals surface area contributed by atoms with Crippen LogP contribution in [0.3, 0.4) is 0 Å². The molecule has 4 nitrogen and oxygen atoms in total. The zero-order valence-electron chi connectivity index (χ0n) is 11.5. The summed E-state index contributed by atoms with van der Waals surface area (Å²) in [6, 6.07) is 10.1. The van der Waals surface area contributed by atoms with Crippen molar-refractivity contribution in [2.75, 3.05) is 6.54 Å². The van der Waals surface area contributed by atoms with Gasteiger partial charge in [0.15, 0.2) is 6.10 Å². The number of hydrogen-bond donors (Lipinski definition) is 2. The van der Waals surface area contributed by atoms with Gasteiger partial charge in [0.05, 0.1) is 0 Å². The zero-order chi connectivity index (χ0) is 14.8. The van der Waals surface area contributed by atoms with Crippen molar-refractivity contribution in [3.05, 3.63) is 35.9 Å². The molecule has 0 saturated heterocycles. The Morgan fingerprint density at radius 2 is 1.80 bits per heavy atom. The molecule has 0 saturated carbocycles. The first-order valence-electron chi connectivity index (χ1n) is 6.95. The number of unbranched alkanes of at least 4 members (excludes halogenated alkanes) is 3. The van der Waals surface area contributed by atoms with Gasteiger partial charge in [-0.25, -0.2) is 9.21 Å². The van der Waals surface area contributed by atoms with Crippen LogP contribution >= 0.6 is 11.8 Å². The van der Waals surface area contributed by atoms with E-state index in [9.17, 15) is 4.79 Å². The van der Waals surface area contributed by atoms with Gasteiger partial charge in [-0.1, -0.05) is 49.6 Å². The molecule has 0 unspecified atom stereocenters. The molecule has 0 aromatic heterocycles. The van der Waals surface area contributed by atoms with Crippen molar-refractivity contribution in [1.29, 1.82) is 0 Å². The van der Waals surface area contributed by atoms with Gasteiger partial charge < -0.3 is 10.2 Å². The van der Waals surface area contributed by atoms with Crippen molar-refractivity contribution in [3.63, 3.8) is 0 Å². The second kappa shape index (κ2) is 9.75. The number of carbonyl (C=O) groups is 1. The van der Waals surface area contributed by atoms with E-state index in [0.717, 1.165) is 38.8 Å². The first kappa shape index (κ1) is 17.0. The molecule has 0 aliphatic carbocycles. The number of rotatable bonds is 10. The minimum absolute atomic E-state index is 0.323. The Bertz CT molecular complexity index is 386.